The number of hydrogen-bond acceptors (Lipinski definition) is 5. The van der Waals surface area contributed by atoms with Crippen LogP contribution in [0.25, 0.3) is 11.3 Å². The van der Waals surface area contributed by atoms with Gasteiger partial charge in [-0.15, -0.1) is 0 Å². The number of nitrogens with zero attached hydrogens (tertiary/aromatic N) is 5. The van der Waals surface area contributed by atoms with E-state index in [0.717, 1.165) is 55.2 Å². The van der Waals surface area contributed by atoms with Gasteiger partial charge in [0.05, 0.1) is 11.4 Å². The van der Waals surface area contributed by atoms with Crippen molar-refractivity contribution in [3.05, 3.63) is 59.0 Å². The zero-order valence-corrected chi connectivity index (χ0v) is 16.2. The second-order valence-corrected chi connectivity index (χ2v) is 7.19. The molecule has 0 bridgehead atoms. The number of nitrogens with one attached hydrogen (secondary N) is 1. The van der Waals surface area contributed by atoms with Crippen LogP contribution < -0.4 is 5.32 Å². The van der Waals surface area contributed by atoms with Crippen LogP contribution in [0.2, 0.25) is 0 Å². The molecule has 140 valence electrons. The first-order chi connectivity index (χ1) is 13.1. The van der Waals surface area contributed by atoms with Crippen molar-refractivity contribution < 1.29 is 0 Å². The molecule has 1 N–H and O–H groups in total. The topological polar surface area (TPSA) is 58.9 Å². The van der Waals surface area contributed by atoms with Gasteiger partial charge in [0.15, 0.2) is 0 Å². The highest BCUT2D eigenvalue weighted by Crippen LogP contribution is 2.25. The summed E-state index contributed by atoms with van der Waals surface area (Å²) >= 11 is 0. The molecule has 0 fully saturated rings. The lowest BCUT2D eigenvalue weighted by molar-refractivity contribution is 0.283. The Balaban J connectivity index is 1.32. The maximum absolute atomic E-state index is 4.69. The molecule has 0 saturated heterocycles. The molecule has 0 amide bonds. The second kappa shape index (κ2) is 7.48. The van der Waals surface area contributed by atoms with Crippen molar-refractivity contribution in [3.8, 4) is 11.3 Å². The Hall–Kier alpha value is -2.73. The summed E-state index contributed by atoms with van der Waals surface area (Å²) in [6, 6.07) is 10.7. The summed E-state index contributed by atoms with van der Waals surface area (Å²) in [5.74, 6) is 0.680. The van der Waals surface area contributed by atoms with Crippen molar-refractivity contribution in [2.45, 2.75) is 33.4 Å². The number of aryl methyl sites for hydroxylation is 2. The van der Waals surface area contributed by atoms with Crippen molar-refractivity contribution in [1.29, 1.82) is 0 Å². The van der Waals surface area contributed by atoms with E-state index < -0.39 is 0 Å². The van der Waals surface area contributed by atoms with Crippen LogP contribution in [-0.4, -0.2) is 37.7 Å². The fourth-order valence-electron chi connectivity index (χ4n) is 3.79. The number of fused-ring (bicyclic) bond motifs is 1. The van der Waals surface area contributed by atoms with E-state index in [1.165, 1.54) is 11.1 Å². The summed E-state index contributed by atoms with van der Waals surface area (Å²) in [4.78, 5) is 11.6. The minimum Gasteiger partial charge on any atom is -0.354 e. The molecule has 2 aromatic heterocycles. The van der Waals surface area contributed by atoms with Gasteiger partial charge in [-0.05, 0) is 37.5 Å². The molecule has 1 aliphatic heterocycles. The van der Waals surface area contributed by atoms with Gasteiger partial charge in [-0.1, -0.05) is 24.3 Å². The lowest BCUT2D eigenvalue weighted by Gasteiger charge is -2.14. The zero-order chi connectivity index (χ0) is 18.8. The van der Waals surface area contributed by atoms with Crippen LogP contribution in [0, 0.1) is 13.8 Å². The van der Waals surface area contributed by atoms with E-state index in [-0.39, 0.29) is 0 Å². The van der Waals surface area contributed by atoms with Gasteiger partial charge in [-0.2, -0.15) is 5.10 Å². The van der Waals surface area contributed by atoms with Crippen molar-refractivity contribution in [3.63, 3.8) is 0 Å². The van der Waals surface area contributed by atoms with E-state index in [0.29, 0.717) is 5.95 Å². The molecule has 27 heavy (non-hydrogen) atoms. The Morgan fingerprint density at radius 3 is 2.48 bits per heavy atom. The standard InChI is InChI=1S/C21H26N6/c1-15-20(16(2)26(3)25-15)19-9-11-23-21(24-19)22-10-6-12-27-13-17-7-4-5-8-18(17)14-27/h4-5,7-9,11H,6,10,12-14H2,1-3H3,(H,22,23,24). The van der Waals surface area contributed by atoms with Crippen LogP contribution in [-0.2, 0) is 20.1 Å². The predicted molar refractivity (Wildman–Crippen MR) is 107 cm³/mol. The molecule has 0 radical (unpaired) electrons. The fraction of sp³-hybridized carbons (Fsp3) is 0.381. The number of anilines is 1. The van der Waals surface area contributed by atoms with Crippen LogP contribution in [0.1, 0.15) is 28.9 Å². The molecular formula is C21H26N6. The normalized spacial score (nSPS) is 13.7. The monoisotopic (exact) mass is 362 g/mol. The van der Waals surface area contributed by atoms with Crippen LogP contribution >= 0.6 is 0 Å². The van der Waals surface area contributed by atoms with Crippen LogP contribution in [0.3, 0.4) is 0 Å². The van der Waals surface area contributed by atoms with Crippen molar-refractivity contribution in [2.75, 3.05) is 18.4 Å². The largest absolute Gasteiger partial charge is 0.354 e. The molecule has 0 aliphatic carbocycles. The molecule has 6 heteroatoms. The first-order valence-electron chi connectivity index (χ1n) is 9.48. The molecular weight excluding hydrogens is 336 g/mol. The van der Waals surface area contributed by atoms with E-state index in [1.807, 2.05) is 30.9 Å². The van der Waals surface area contributed by atoms with Crippen molar-refractivity contribution >= 4 is 5.95 Å². The lowest BCUT2D eigenvalue weighted by Crippen LogP contribution is -2.20. The lowest BCUT2D eigenvalue weighted by atomic mass is 10.1. The van der Waals surface area contributed by atoms with Gasteiger partial charge in [-0.25, -0.2) is 9.97 Å². The summed E-state index contributed by atoms with van der Waals surface area (Å²) in [6.45, 7) is 8.14. The van der Waals surface area contributed by atoms with E-state index in [9.17, 15) is 0 Å². The molecule has 4 rings (SSSR count). The minimum atomic E-state index is 0.680. The third-order valence-corrected chi connectivity index (χ3v) is 5.26. The summed E-state index contributed by atoms with van der Waals surface area (Å²) in [5.41, 5.74) is 7.05. The van der Waals surface area contributed by atoms with Gasteiger partial charge in [0.1, 0.15) is 0 Å². The zero-order valence-electron chi connectivity index (χ0n) is 16.2. The first-order valence-corrected chi connectivity index (χ1v) is 9.48. The first kappa shape index (κ1) is 17.7. The second-order valence-electron chi connectivity index (χ2n) is 7.19. The van der Waals surface area contributed by atoms with Crippen LogP contribution in [0.4, 0.5) is 5.95 Å². The molecule has 1 aromatic carbocycles. The van der Waals surface area contributed by atoms with E-state index in [1.54, 1.807) is 0 Å². The molecule has 6 nitrogen and oxygen atoms in total. The molecule has 0 saturated carbocycles. The highest BCUT2D eigenvalue weighted by molar-refractivity contribution is 5.65. The average Bonchev–Trinajstić information content (AvgIpc) is 3.19. The smallest absolute Gasteiger partial charge is 0.223 e. The Morgan fingerprint density at radius 1 is 1.07 bits per heavy atom. The maximum Gasteiger partial charge on any atom is 0.223 e. The van der Waals surface area contributed by atoms with Gasteiger partial charge in [-0.3, -0.25) is 9.58 Å². The van der Waals surface area contributed by atoms with Gasteiger partial charge >= 0.3 is 0 Å². The highest BCUT2D eigenvalue weighted by atomic mass is 15.3. The Morgan fingerprint density at radius 2 is 1.81 bits per heavy atom. The highest BCUT2D eigenvalue weighted by Gasteiger charge is 2.17. The third kappa shape index (κ3) is 3.71. The number of aromatic nitrogens is 4. The SMILES string of the molecule is Cc1nn(C)c(C)c1-c1ccnc(NCCCN2Cc3ccccc3C2)n1. The Bertz CT molecular complexity index is 921. The molecule has 0 atom stereocenters. The van der Waals surface area contributed by atoms with E-state index in [4.69, 9.17) is 4.98 Å². The Labute approximate surface area is 160 Å². The predicted octanol–water partition coefficient (Wildman–Crippen LogP) is 3.31. The molecule has 1 aliphatic rings. The maximum atomic E-state index is 4.69. The minimum absolute atomic E-state index is 0.680. The fourth-order valence-corrected chi connectivity index (χ4v) is 3.79. The quantitative estimate of drug-likeness (QED) is 0.682. The summed E-state index contributed by atoms with van der Waals surface area (Å²) in [6.07, 6.45) is 2.88. The van der Waals surface area contributed by atoms with Crippen LogP contribution in [0.5, 0.6) is 0 Å². The van der Waals surface area contributed by atoms with Gasteiger partial charge in [0, 0.05) is 50.7 Å². The van der Waals surface area contributed by atoms with E-state index >= 15 is 0 Å². The molecule has 3 aromatic rings. The average molecular weight is 362 g/mol. The van der Waals surface area contributed by atoms with Crippen molar-refractivity contribution in [2.24, 2.45) is 7.05 Å². The summed E-state index contributed by atoms with van der Waals surface area (Å²) < 4.78 is 1.90. The summed E-state index contributed by atoms with van der Waals surface area (Å²) in [7, 11) is 1.96. The molecule has 3 heterocycles. The summed E-state index contributed by atoms with van der Waals surface area (Å²) in [5, 5.41) is 7.85. The van der Waals surface area contributed by atoms with Gasteiger partial charge in [0.2, 0.25) is 5.95 Å². The van der Waals surface area contributed by atoms with Crippen LogP contribution in [0.15, 0.2) is 36.5 Å². The molecule has 0 unspecified atom stereocenters. The Kier molecular flexibility index (Phi) is 4.90. The number of rotatable bonds is 6. The van der Waals surface area contributed by atoms with E-state index in [2.05, 4.69) is 51.5 Å². The van der Waals surface area contributed by atoms with Crippen molar-refractivity contribution in [1.82, 2.24) is 24.6 Å². The van der Waals surface area contributed by atoms with Gasteiger partial charge in [0.25, 0.3) is 0 Å². The molecule has 0 spiro atoms. The third-order valence-electron chi connectivity index (χ3n) is 5.26. The number of benzene rings is 1. The number of hydrogen-bond donors (Lipinski definition) is 1. The van der Waals surface area contributed by atoms with Gasteiger partial charge < -0.3 is 5.32 Å².